The molecule has 0 saturated heterocycles. The molecule has 1 aromatic heterocycles. The van der Waals surface area contributed by atoms with Gasteiger partial charge < -0.3 is 4.90 Å². The number of nitrogens with zero attached hydrogens (tertiary/aromatic N) is 2. The maximum Gasteiger partial charge on any atom is 0.133 e. The first kappa shape index (κ1) is 11.5. The summed E-state index contributed by atoms with van der Waals surface area (Å²) in [6, 6.07) is 5.55. The second-order valence-electron chi connectivity index (χ2n) is 3.93. The van der Waals surface area contributed by atoms with E-state index in [-0.39, 0.29) is 0 Å². The van der Waals surface area contributed by atoms with Gasteiger partial charge in [0.2, 0.25) is 0 Å². The second kappa shape index (κ2) is 4.11. The summed E-state index contributed by atoms with van der Waals surface area (Å²) >= 11 is 12.3. The van der Waals surface area contributed by atoms with Gasteiger partial charge in [0.25, 0.3) is 0 Å². The SMILES string of the molecule is Cc1c(N(C)C)nc2ccc(Cl)cc2c1Cl. The number of hydrogen-bond donors (Lipinski definition) is 0. The number of anilines is 1. The molecule has 0 unspecified atom stereocenters. The lowest BCUT2D eigenvalue weighted by molar-refractivity contribution is 1.06. The van der Waals surface area contributed by atoms with Crippen molar-refractivity contribution >= 4 is 39.9 Å². The second-order valence-corrected chi connectivity index (χ2v) is 4.74. The highest BCUT2D eigenvalue weighted by Gasteiger charge is 2.11. The lowest BCUT2D eigenvalue weighted by Crippen LogP contribution is -2.12. The molecule has 2 rings (SSSR count). The lowest BCUT2D eigenvalue weighted by atomic mass is 10.1. The third-order valence-electron chi connectivity index (χ3n) is 2.51. The Kier molecular flexibility index (Phi) is 2.96. The van der Waals surface area contributed by atoms with Crippen molar-refractivity contribution in [1.82, 2.24) is 4.98 Å². The van der Waals surface area contributed by atoms with Crippen LogP contribution in [-0.2, 0) is 0 Å². The molecule has 2 nitrogen and oxygen atoms in total. The summed E-state index contributed by atoms with van der Waals surface area (Å²) in [7, 11) is 3.90. The first-order valence-corrected chi connectivity index (χ1v) is 5.69. The van der Waals surface area contributed by atoms with Crippen LogP contribution in [0.3, 0.4) is 0 Å². The van der Waals surface area contributed by atoms with E-state index < -0.39 is 0 Å². The number of pyridine rings is 1. The van der Waals surface area contributed by atoms with Crippen molar-refractivity contribution in [2.75, 3.05) is 19.0 Å². The van der Waals surface area contributed by atoms with E-state index in [1.807, 2.05) is 44.1 Å². The molecule has 0 spiro atoms. The van der Waals surface area contributed by atoms with Gasteiger partial charge in [-0.3, -0.25) is 0 Å². The zero-order chi connectivity index (χ0) is 11.9. The number of rotatable bonds is 1. The Balaban J connectivity index is 2.83. The van der Waals surface area contributed by atoms with E-state index in [9.17, 15) is 0 Å². The van der Waals surface area contributed by atoms with Gasteiger partial charge in [-0.2, -0.15) is 0 Å². The van der Waals surface area contributed by atoms with Crippen LogP contribution < -0.4 is 4.90 Å². The minimum atomic E-state index is 0.674. The summed E-state index contributed by atoms with van der Waals surface area (Å²) in [5, 5.41) is 2.29. The Bertz CT molecular complexity index is 550. The van der Waals surface area contributed by atoms with Gasteiger partial charge in [-0.1, -0.05) is 23.2 Å². The number of halogens is 2. The highest BCUT2D eigenvalue weighted by Crippen LogP contribution is 2.32. The maximum absolute atomic E-state index is 6.32. The molecule has 0 amide bonds. The predicted molar refractivity (Wildman–Crippen MR) is 70.8 cm³/mol. The van der Waals surface area contributed by atoms with Gasteiger partial charge in [0.1, 0.15) is 5.82 Å². The van der Waals surface area contributed by atoms with Crippen LogP contribution in [-0.4, -0.2) is 19.1 Å². The van der Waals surface area contributed by atoms with Crippen LogP contribution in [0, 0.1) is 6.92 Å². The highest BCUT2D eigenvalue weighted by atomic mass is 35.5. The van der Waals surface area contributed by atoms with Crippen molar-refractivity contribution in [1.29, 1.82) is 0 Å². The molecule has 0 aliphatic rings. The van der Waals surface area contributed by atoms with Crippen molar-refractivity contribution in [3.05, 3.63) is 33.8 Å². The van der Waals surface area contributed by atoms with Crippen LogP contribution in [0.4, 0.5) is 5.82 Å². The molecule has 0 bridgehead atoms. The van der Waals surface area contributed by atoms with Crippen molar-refractivity contribution in [3.8, 4) is 0 Å². The van der Waals surface area contributed by atoms with Crippen molar-refractivity contribution in [2.45, 2.75) is 6.92 Å². The highest BCUT2D eigenvalue weighted by molar-refractivity contribution is 6.37. The minimum Gasteiger partial charge on any atom is -0.362 e. The van der Waals surface area contributed by atoms with Crippen molar-refractivity contribution < 1.29 is 0 Å². The summed E-state index contributed by atoms with van der Waals surface area (Å²) in [5.74, 6) is 0.889. The van der Waals surface area contributed by atoms with Crippen LogP contribution in [0.2, 0.25) is 10.0 Å². The van der Waals surface area contributed by atoms with E-state index in [0.717, 1.165) is 27.3 Å². The first-order valence-electron chi connectivity index (χ1n) is 4.93. The summed E-state index contributed by atoms with van der Waals surface area (Å²) in [4.78, 5) is 6.51. The molecule has 84 valence electrons. The topological polar surface area (TPSA) is 16.1 Å². The zero-order valence-electron chi connectivity index (χ0n) is 9.38. The molecule has 1 heterocycles. The normalized spacial score (nSPS) is 10.8. The third kappa shape index (κ3) is 1.83. The maximum atomic E-state index is 6.32. The van der Waals surface area contributed by atoms with E-state index in [1.54, 1.807) is 0 Å². The predicted octanol–water partition coefficient (Wildman–Crippen LogP) is 3.92. The Morgan fingerprint density at radius 3 is 2.50 bits per heavy atom. The summed E-state index contributed by atoms with van der Waals surface area (Å²) < 4.78 is 0. The molecule has 1 aromatic carbocycles. The molecule has 16 heavy (non-hydrogen) atoms. The van der Waals surface area contributed by atoms with Gasteiger partial charge in [-0.05, 0) is 25.1 Å². The Labute approximate surface area is 105 Å². The Hall–Kier alpha value is -0.990. The van der Waals surface area contributed by atoms with Crippen LogP contribution >= 0.6 is 23.2 Å². The minimum absolute atomic E-state index is 0.674. The monoisotopic (exact) mass is 254 g/mol. The van der Waals surface area contributed by atoms with E-state index in [2.05, 4.69) is 4.98 Å². The number of aromatic nitrogens is 1. The van der Waals surface area contributed by atoms with Crippen LogP contribution in [0.25, 0.3) is 10.9 Å². The van der Waals surface area contributed by atoms with Gasteiger partial charge in [-0.15, -0.1) is 0 Å². The number of fused-ring (bicyclic) bond motifs is 1. The largest absolute Gasteiger partial charge is 0.362 e. The summed E-state index contributed by atoms with van der Waals surface area (Å²) in [6.45, 7) is 1.96. The Morgan fingerprint density at radius 1 is 1.19 bits per heavy atom. The fourth-order valence-electron chi connectivity index (χ4n) is 1.72. The summed E-state index contributed by atoms with van der Waals surface area (Å²) in [6.07, 6.45) is 0. The lowest BCUT2D eigenvalue weighted by Gasteiger charge is -2.16. The van der Waals surface area contributed by atoms with Crippen LogP contribution in [0.15, 0.2) is 18.2 Å². The van der Waals surface area contributed by atoms with E-state index in [0.29, 0.717) is 5.02 Å². The first-order chi connectivity index (χ1) is 7.50. The van der Waals surface area contributed by atoms with E-state index in [1.165, 1.54) is 0 Å². The molecule has 0 aliphatic carbocycles. The molecular weight excluding hydrogens is 243 g/mol. The smallest absolute Gasteiger partial charge is 0.133 e. The molecule has 0 atom stereocenters. The number of hydrogen-bond acceptors (Lipinski definition) is 2. The molecular formula is C12H12Cl2N2. The van der Waals surface area contributed by atoms with Gasteiger partial charge >= 0.3 is 0 Å². The van der Waals surface area contributed by atoms with Crippen molar-refractivity contribution in [3.63, 3.8) is 0 Å². The zero-order valence-corrected chi connectivity index (χ0v) is 10.9. The van der Waals surface area contributed by atoms with Gasteiger partial charge in [0, 0.05) is 30.1 Å². The molecule has 0 fully saturated rings. The van der Waals surface area contributed by atoms with Crippen molar-refractivity contribution in [2.24, 2.45) is 0 Å². The van der Waals surface area contributed by atoms with Gasteiger partial charge in [0.05, 0.1) is 10.5 Å². The average Bonchev–Trinajstić information content (AvgIpc) is 2.23. The number of benzene rings is 1. The Morgan fingerprint density at radius 2 is 1.88 bits per heavy atom. The average molecular weight is 255 g/mol. The van der Waals surface area contributed by atoms with Gasteiger partial charge in [-0.25, -0.2) is 4.98 Å². The summed E-state index contributed by atoms with van der Waals surface area (Å²) in [5.41, 5.74) is 1.84. The molecule has 0 radical (unpaired) electrons. The molecule has 4 heteroatoms. The third-order valence-corrected chi connectivity index (χ3v) is 3.23. The fraction of sp³-hybridized carbons (Fsp3) is 0.250. The van der Waals surface area contributed by atoms with Gasteiger partial charge in [0.15, 0.2) is 0 Å². The van der Waals surface area contributed by atoms with E-state index in [4.69, 9.17) is 23.2 Å². The fourth-order valence-corrected chi connectivity index (χ4v) is 2.12. The van der Waals surface area contributed by atoms with E-state index >= 15 is 0 Å². The molecule has 0 aliphatic heterocycles. The standard InChI is InChI=1S/C12H12Cl2N2/c1-7-11(14)9-6-8(13)4-5-10(9)15-12(7)16(2)3/h4-6H,1-3H3. The van der Waals surface area contributed by atoms with Crippen LogP contribution in [0.1, 0.15) is 5.56 Å². The molecule has 0 saturated carbocycles. The van der Waals surface area contributed by atoms with Crippen LogP contribution in [0.5, 0.6) is 0 Å². The molecule has 0 N–H and O–H groups in total. The molecule has 2 aromatic rings. The quantitative estimate of drug-likeness (QED) is 0.767.